The number of ether oxygens (including phenoxy) is 2. The first-order chi connectivity index (χ1) is 13.5. The second-order valence-electron chi connectivity index (χ2n) is 6.68. The van der Waals surface area contributed by atoms with Crippen molar-refractivity contribution in [2.75, 3.05) is 45.3 Å². The van der Waals surface area contributed by atoms with Gasteiger partial charge in [-0.15, -0.1) is 0 Å². The Morgan fingerprint density at radius 3 is 2.46 bits per heavy atom. The van der Waals surface area contributed by atoms with E-state index in [0.717, 1.165) is 35.1 Å². The van der Waals surface area contributed by atoms with Gasteiger partial charge in [0.15, 0.2) is 0 Å². The molecule has 0 aromatic heterocycles. The first-order valence-electron chi connectivity index (χ1n) is 9.22. The fourth-order valence-corrected chi connectivity index (χ4v) is 3.49. The highest BCUT2D eigenvalue weighted by Gasteiger charge is 2.21. The normalized spacial score (nSPS) is 14.4. The van der Waals surface area contributed by atoms with Gasteiger partial charge in [-0.1, -0.05) is 17.7 Å². The van der Waals surface area contributed by atoms with Gasteiger partial charge in [0.05, 0.1) is 14.2 Å². The summed E-state index contributed by atoms with van der Waals surface area (Å²) in [7, 11) is 3.22. The van der Waals surface area contributed by atoms with Crippen molar-refractivity contribution in [3.63, 3.8) is 0 Å². The van der Waals surface area contributed by atoms with Gasteiger partial charge in [0, 0.05) is 48.5 Å². The molecule has 1 heterocycles. The molecule has 2 aromatic carbocycles. The van der Waals surface area contributed by atoms with E-state index >= 15 is 0 Å². The second-order valence-corrected chi connectivity index (χ2v) is 7.12. The Kier molecular flexibility index (Phi) is 6.47. The number of amides is 1. The first kappa shape index (κ1) is 20.1. The van der Waals surface area contributed by atoms with E-state index in [-0.39, 0.29) is 5.91 Å². The van der Waals surface area contributed by atoms with Crippen LogP contribution in [0, 0.1) is 6.92 Å². The van der Waals surface area contributed by atoms with Gasteiger partial charge in [0.2, 0.25) is 5.91 Å². The number of anilines is 1. The standard InChI is InChI=1S/C22H25ClN2O3/c1-16-4-6-18(23)15-20(16)24-10-12-25(13-11-24)22(26)9-5-17-14-19(27-2)7-8-21(17)28-3/h4-9,14-15H,10-13H2,1-3H3/b9-5+. The molecule has 0 bridgehead atoms. The number of halogens is 1. The van der Waals surface area contributed by atoms with Crippen LogP contribution in [0.25, 0.3) is 6.08 Å². The summed E-state index contributed by atoms with van der Waals surface area (Å²) in [6, 6.07) is 11.4. The minimum absolute atomic E-state index is 0.00709. The van der Waals surface area contributed by atoms with Crippen molar-refractivity contribution < 1.29 is 14.3 Å². The smallest absolute Gasteiger partial charge is 0.246 e. The predicted octanol–water partition coefficient (Wildman–Crippen LogP) is 4.03. The molecule has 5 nitrogen and oxygen atoms in total. The van der Waals surface area contributed by atoms with Crippen molar-refractivity contribution in [1.29, 1.82) is 0 Å². The Morgan fingerprint density at radius 1 is 1.04 bits per heavy atom. The third-order valence-corrected chi connectivity index (χ3v) is 5.18. The van der Waals surface area contributed by atoms with Gasteiger partial charge in [0.1, 0.15) is 11.5 Å². The number of hydrogen-bond acceptors (Lipinski definition) is 4. The maximum Gasteiger partial charge on any atom is 0.246 e. The highest BCUT2D eigenvalue weighted by molar-refractivity contribution is 6.30. The van der Waals surface area contributed by atoms with Crippen LogP contribution in [0.15, 0.2) is 42.5 Å². The van der Waals surface area contributed by atoms with Gasteiger partial charge >= 0.3 is 0 Å². The molecule has 1 aliphatic heterocycles. The molecule has 0 saturated carbocycles. The van der Waals surface area contributed by atoms with Crippen molar-refractivity contribution in [2.24, 2.45) is 0 Å². The number of carbonyl (C=O) groups is 1. The molecule has 0 atom stereocenters. The van der Waals surface area contributed by atoms with E-state index in [1.807, 2.05) is 41.3 Å². The van der Waals surface area contributed by atoms with Crippen molar-refractivity contribution in [2.45, 2.75) is 6.92 Å². The van der Waals surface area contributed by atoms with Gasteiger partial charge in [-0.3, -0.25) is 4.79 Å². The first-order valence-corrected chi connectivity index (χ1v) is 9.59. The van der Waals surface area contributed by atoms with Crippen molar-refractivity contribution in [3.8, 4) is 11.5 Å². The average Bonchev–Trinajstić information content (AvgIpc) is 2.73. The lowest BCUT2D eigenvalue weighted by atomic mass is 10.1. The molecule has 0 spiro atoms. The lowest BCUT2D eigenvalue weighted by Gasteiger charge is -2.36. The molecular weight excluding hydrogens is 376 g/mol. The van der Waals surface area contributed by atoms with Gasteiger partial charge in [0.25, 0.3) is 0 Å². The number of nitrogens with zero attached hydrogens (tertiary/aromatic N) is 2. The molecule has 0 N–H and O–H groups in total. The highest BCUT2D eigenvalue weighted by Crippen LogP contribution is 2.26. The van der Waals surface area contributed by atoms with E-state index in [0.29, 0.717) is 18.8 Å². The molecule has 2 aromatic rings. The SMILES string of the molecule is COc1ccc(OC)c(/C=C/C(=O)N2CCN(c3cc(Cl)ccc3C)CC2)c1. The van der Waals surface area contributed by atoms with Gasteiger partial charge in [-0.05, 0) is 48.9 Å². The second kappa shape index (κ2) is 9.02. The third-order valence-electron chi connectivity index (χ3n) is 4.95. The lowest BCUT2D eigenvalue weighted by Crippen LogP contribution is -2.48. The molecule has 1 saturated heterocycles. The number of rotatable bonds is 5. The number of hydrogen-bond donors (Lipinski definition) is 0. The molecule has 0 aliphatic carbocycles. The van der Waals surface area contributed by atoms with Gasteiger partial charge in [-0.2, -0.15) is 0 Å². The summed E-state index contributed by atoms with van der Waals surface area (Å²) in [4.78, 5) is 16.8. The van der Waals surface area contributed by atoms with Crippen LogP contribution in [-0.2, 0) is 4.79 Å². The number of piperazine rings is 1. The van der Waals surface area contributed by atoms with Crippen LogP contribution < -0.4 is 14.4 Å². The van der Waals surface area contributed by atoms with E-state index in [1.165, 1.54) is 5.56 Å². The van der Waals surface area contributed by atoms with Crippen LogP contribution in [0.3, 0.4) is 0 Å². The number of aryl methyl sites for hydroxylation is 1. The number of methoxy groups -OCH3 is 2. The summed E-state index contributed by atoms with van der Waals surface area (Å²) >= 11 is 6.14. The Labute approximate surface area is 171 Å². The molecule has 1 amide bonds. The maximum absolute atomic E-state index is 12.6. The van der Waals surface area contributed by atoms with Crippen LogP contribution in [-0.4, -0.2) is 51.2 Å². The molecule has 6 heteroatoms. The topological polar surface area (TPSA) is 42.0 Å². The zero-order chi connectivity index (χ0) is 20.1. The van der Waals surface area contributed by atoms with Gasteiger partial charge in [-0.25, -0.2) is 0 Å². The summed E-state index contributed by atoms with van der Waals surface area (Å²) in [5.74, 6) is 1.41. The maximum atomic E-state index is 12.6. The molecule has 0 unspecified atom stereocenters. The number of benzene rings is 2. The molecule has 1 aliphatic rings. The van der Waals surface area contributed by atoms with Crippen LogP contribution in [0.1, 0.15) is 11.1 Å². The summed E-state index contributed by atoms with van der Waals surface area (Å²) in [6.45, 7) is 4.98. The van der Waals surface area contributed by atoms with Crippen molar-refractivity contribution >= 4 is 29.3 Å². The van der Waals surface area contributed by atoms with E-state index in [2.05, 4.69) is 11.8 Å². The molecule has 3 rings (SSSR count). The van der Waals surface area contributed by atoms with Crippen LogP contribution in [0.4, 0.5) is 5.69 Å². The predicted molar refractivity (Wildman–Crippen MR) is 114 cm³/mol. The summed E-state index contributed by atoms with van der Waals surface area (Å²) in [5, 5.41) is 0.731. The highest BCUT2D eigenvalue weighted by atomic mass is 35.5. The molecule has 1 fully saturated rings. The molecule has 28 heavy (non-hydrogen) atoms. The van der Waals surface area contributed by atoms with Crippen LogP contribution in [0.2, 0.25) is 5.02 Å². The third kappa shape index (κ3) is 4.60. The largest absolute Gasteiger partial charge is 0.497 e. The Bertz CT molecular complexity index is 874. The molecular formula is C22H25ClN2O3. The Hall–Kier alpha value is -2.66. The Balaban J connectivity index is 1.64. The van der Waals surface area contributed by atoms with Crippen LogP contribution >= 0.6 is 11.6 Å². The van der Waals surface area contributed by atoms with E-state index in [4.69, 9.17) is 21.1 Å². The fourth-order valence-electron chi connectivity index (χ4n) is 3.33. The summed E-state index contributed by atoms with van der Waals surface area (Å²) in [5.41, 5.74) is 3.13. The zero-order valence-corrected chi connectivity index (χ0v) is 17.2. The minimum Gasteiger partial charge on any atom is -0.497 e. The molecule has 0 radical (unpaired) electrons. The van der Waals surface area contributed by atoms with Crippen LogP contribution in [0.5, 0.6) is 11.5 Å². The van der Waals surface area contributed by atoms with Crippen molar-refractivity contribution in [1.82, 2.24) is 4.90 Å². The lowest BCUT2D eigenvalue weighted by molar-refractivity contribution is -0.126. The molecule has 148 valence electrons. The van der Waals surface area contributed by atoms with E-state index < -0.39 is 0 Å². The van der Waals surface area contributed by atoms with Gasteiger partial charge < -0.3 is 19.3 Å². The Morgan fingerprint density at radius 2 is 1.79 bits per heavy atom. The quantitative estimate of drug-likeness (QED) is 0.711. The summed E-state index contributed by atoms with van der Waals surface area (Å²) < 4.78 is 10.6. The minimum atomic E-state index is -0.00709. The average molecular weight is 401 g/mol. The van der Waals surface area contributed by atoms with E-state index in [9.17, 15) is 4.79 Å². The van der Waals surface area contributed by atoms with E-state index in [1.54, 1.807) is 26.4 Å². The summed E-state index contributed by atoms with van der Waals surface area (Å²) in [6.07, 6.45) is 3.37. The fraction of sp³-hybridized carbons (Fsp3) is 0.318. The number of carbonyl (C=O) groups excluding carboxylic acids is 1. The van der Waals surface area contributed by atoms with Crippen molar-refractivity contribution in [3.05, 3.63) is 58.6 Å². The zero-order valence-electron chi connectivity index (χ0n) is 16.4. The monoisotopic (exact) mass is 400 g/mol.